The second-order valence-electron chi connectivity index (χ2n) is 7.70. The van der Waals surface area contributed by atoms with Crippen LogP contribution in [0.25, 0.3) is 0 Å². The Hall–Kier alpha value is -2.44. The minimum atomic E-state index is -0.478. The SMILES string of the molecule is CN=C(NCCCNc1ccccc1)N1CCC(NC(=O)OC(C)(C)C)C1. The first-order valence-corrected chi connectivity index (χ1v) is 9.61. The standard InChI is InChI=1S/C20H33N5O2/c1-20(2,3)27-19(26)24-17-11-14-25(15-17)18(21-4)23-13-8-12-22-16-9-6-5-7-10-16/h5-7,9-10,17,22H,8,11-15H2,1-4H3,(H,21,23)(H,24,26). The highest BCUT2D eigenvalue weighted by Crippen LogP contribution is 2.12. The van der Waals surface area contributed by atoms with E-state index in [0.717, 1.165) is 50.7 Å². The van der Waals surface area contributed by atoms with Gasteiger partial charge in [0.15, 0.2) is 5.96 Å². The van der Waals surface area contributed by atoms with Gasteiger partial charge in [0, 0.05) is 38.9 Å². The summed E-state index contributed by atoms with van der Waals surface area (Å²) in [5.74, 6) is 0.878. The van der Waals surface area contributed by atoms with E-state index in [0.29, 0.717) is 0 Å². The number of para-hydroxylation sites is 1. The van der Waals surface area contributed by atoms with E-state index < -0.39 is 5.60 Å². The Morgan fingerprint density at radius 1 is 1.26 bits per heavy atom. The Morgan fingerprint density at radius 3 is 2.67 bits per heavy atom. The molecule has 1 fully saturated rings. The molecule has 1 saturated heterocycles. The van der Waals surface area contributed by atoms with Gasteiger partial charge in [0.05, 0.1) is 6.04 Å². The Kier molecular flexibility index (Phi) is 7.76. The number of likely N-dealkylation sites (tertiary alicyclic amines) is 1. The minimum absolute atomic E-state index is 0.0816. The zero-order chi connectivity index (χ0) is 19.7. The molecule has 0 saturated carbocycles. The number of benzene rings is 1. The van der Waals surface area contributed by atoms with Crippen LogP contribution in [0, 0.1) is 0 Å². The lowest BCUT2D eigenvalue weighted by Gasteiger charge is -2.23. The van der Waals surface area contributed by atoms with E-state index >= 15 is 0 Å². The number of anilines is 1. The third-order valence-electron chi connectivity index (χ3n) is 4.16. The molecule has 0 aliphatic carbocycles. The maximum Gasteiger partial charge on any atom is 0.407 e. The van der Waals surface area contributed by atoms with E-state index in [1.165, 1.54) is 0 Å². The lowest BCUT2D eigenvalue weighted by atomic mass is 10.2. The zero-order valence-corrected chi connectivity index (χ0v) is 16.9. The lowest BCUT2D eigenvalue weighted by Crippen LogP contribution is -2.44. The van der Waals surface area contributed by atoms with Crippen LogP contribution in [0.3, 0.4) is 0 Å². The van der Waals surface area contributed by atoms with Crippen molar-refractivity contribution >= 4 is 17.7 Å². The molecule has 1 aromatic carbocycles. The number of aliphatic imine (C=N–C) groups is 1. The second kappa shape index (κ2) is 10.0. The molecule has 1 heterocycles. The van der Waals surface area contributed by atoms with Gasteiger partial charge in [-0.05, 0) is 45.7 Å². The summed E-state index contributed by atoms with van der Waals surface area (Å²) >= 11 is 0. The molecule has 3 N–H and O–H groups in total. The third kappa shape index (κ3) is 7.76. The number of amides is 1. The molecule has 7 heteroatoms. The largest absolute Gasteiger partial charge is 0.444 e. The van der Waals surface area contributed by atoms with Gasteiger partial charge in [-0.15, -0.1) is 0 Å². The number of hydrogen-bond acceptors (Lipinski definition) is 4. The number of ether oxygens (including phenoxy) is 1. The molecule has 0 bridgehead atoms. The van der Waals surface area contributed by atoms with E-state index in [9.17, 15) is 4.79 Å². The summed E-state index contributed by atoms with van der Waals surface area (Å²) in [6.07, 6.45) is 1.51. The predicted octanol–water partition coefficient (Wildman–Crippen LogP) is 2.66. The Labute approximate surface area is 162 Å². The van der Waals surface area contributed by atoms with Crippen molar-refractivity contribution in [2.75, 3.05) is 38.5 Å². The summed E-state index contributed by atoms with van der Waals surface area (Å²) in [6, 6.07) is 10.3. The van der Waals surface area contributed by atoms with Gasteiger partial charge in [-0.3, -0.25) is 4.99 Å². The topological polar surface area (TPSA) is 78.0 Å². The number of hydrogen-bond donors (Lipinski definition) is 3. The van der Waals surface area contributed by atoms with Gasteiger partial charge in [0.1, 0.15) is 5.60 Å². The van der Waals surface area contributed by atoms with Crippen molar-refractivity contribution in [3.8, 4) is 0 Å². The normalized spacial score (nSPS) is 17.6. The highest BCUT2D eigenvalue weighted by Gasteiger charge is 2.27. The number of nitrogens with zero attached hydrogens (tertiary/aromatic N) is 2. The van der Waals surface area contributed by atoms with E-state index in [4.69, 9.17) is 4.74 Å². The van der Waals surface area contributed by atoms with Gasteiger partial charge in [0.2, 0.25) is 0 Å². The fourth-order valence-electron chi connectivity index (χ4n) is 2.95. The second-order valence-corrected chi connectivity index (χ2v) is 7.70. The monoisotopic (exact) mass is 375 g/mol. The maximum atomic E-state index is 11.9. The van der Waals surface area contributed by atoms with Crippen molar-refractivity contribution in [2.45, 2.75) is 45.3 Å². The minimum Gasteiger partial charge on any atom is -0.444 e. The van der Waals surface area contributed by atoms with Crippen molar-refractivity contribution in [2.24, 2.45) is 4.99 Å². The first kappa shape index (κ1) is 20.9. The molecule has 2 rings (SSSR count). The highest BCUT2D eigenvalue weighted by molar-refractivity contribution is 5.80. The van der Waals surface area contributed by atoms with Gasteiger partial charge in [-0.25, -0.2) is 4.79 Å². The van der Waals surface area contributed by atoms with Crippen LogP contribution in [0.2, 0.25) is 0 Å². The van der Waals surface area contributed by atoms with E-state index in [2.05, 4.69) is 38.0 Å². The van der Waals surface area contributed by atoms with Crippen molar-refractivity contribution in [3.05, 3.63) is 30.3 Å². The Bertz CT molecular complexity index is 613. The summed E-state index contributed by atoms with van der Waals surface area (Å²) < 4.78 is 5.33. The fraction of sp³-hybridized carbons (Fsp3) is 0.600. The van der Waals surface area contributed by atoms with Crippen molar-refractivity contribution in [1.29, 1.82) is 0 Å². The number of carbonyl (C=O) groups excluding carboxylic acids is 1. The zero-order valence-electron chi connectivity index (χ0n) is 16.9. The summed E-state index contributed by atoms with van der Waals surface area (Å²) in [5.41, 5.74) is 0.658. The number of alkyl carbamates (subject to hydrolysis) is 1. The highest BCUT2D eigenvalue weighted by atomic mass is 16.6. The first-order valence-electron chi connectivity index (χ1n) is 9.61. The molecule has 1 unspecified atom stereocenters. The van der Waals surface area contributed by atoms with E-state index in [1.54, 1.807) is 7.05 Å². The smallest absolute Gasteiger partial charge is 0.407 e. The summed E-state index contributed by atoms with van der Waals surface area (Å²) in [7, 11) is 1.79. The quantitative estimate of drug-likeness (QED) is 0.405. The van der Waals surface area contributed by atoms with Crippen molar-refractivity contribution in [3.63, 3.8) is 0 Å². The van der Waals surface area contributed by atoms with Crippen LogP contribution < -0.4 is 16.0 Å². The number of guanidine groups is 1. The number of nitrogens with one attached hydrogen (secondary N) is 3. The molecule has 1 aromatic rings. The molecular formula is C20H33N5O2. The van der Waals surface area contributed by atoms with Crippen LogP contribution in [0.4, 0.5) is 10.5 Å². The summed E-state index contributed by atoms with van der Waals surface area (Å²) in [5, 5.41) is 9.74. The van der Waals surface area contributed by atoms with Gasteiger partial charge in [-0.1, -0.05) is 18.2 Å². The Morgan fingerprint density at radius 2 is 2.00 bits per heavy atom. The molecule has 0 aromatic heterocycles. The molecule has 150 valence electrons. The summed E-state index contributed by atoms with van der Waals surface area (Å²) in [4.78, 5) is 18.5. The van der Waals surface area contributed by atoms with Crippen LogP contribution in [0.5, 0.6) is 0 Å². The summed E-state index contributed by atoms with van der Waals surface area (Å²) in [6.45, 7) is 8.94. The molecular weight excluding hydrogens is 342 g/mol. The Balaban J connectivity index is 1.66. The molecule has 0 spiro atoms. The van der Waals surface area contributed by atoms with Crippen LogP contribution in [-0.2, 0) is 4.74 Å². The molecule has 27 heavy (non-hydrogen) atoms. The number of carbonyl (C=O) groups is 1. The molecule has 1 aliphatic heterocycles. The van der Waals surface area contributed by atoms with Crippen LogP contribution >= 0.6 is 0 Å². The van der Waals surface area contributed by atoms with Crippen molar-refractivity contribution < 1.29 is 9.53 Å². The van der Waals surface area contributed by atoms with Gasteiger partial charge < -0.3 is 25.6 Å². The van der Waals surface area contributed by atoms with Gasteiger partial charge >= 0.3 is 6.09 Å². The third-order valence-corrected chi connectivity index (χ3v) is 4.16. The van der Waals surface area contributed by atoms with E-state index in [1.807, 2.05) is 39.0 Å². The molecule has 1 amide bonds. The maximum absolute atomic E-state index is 11.9. The molecule has 7 nitrogen and oxygen atoms in total. The molecule has 1 aliphatic rings. The van der Waals surface area contributed by atoms with Crippen LogP contribution in [0.15, 0.2) is 35.3 Å². The van der Waals surface area contributed by atoms with Crippen LogP contribution in [0.1, 0.15) is 33.6 Å². The average molecular weight is 376 g/mol. The first-order chi connectivity index (χ1) is 12.9. The molecule has 1 atom stereocenters. The van der Waals surface area contributed by atoms with Crippen molar-refractivity contribution in [1.82, 2.24) is 15.5 Å². The average Bonchev–Trinajstić information content (AvgIpc) is 3.05. The number of rotatable bonds is 6. The van der Waals surface area contributed by atoms with Gasteiger partial charge in [-0.2, -0.15) is 0 Å². The fourth-order valence-corrected chi connectivity index (χ4v) is 2.95. The van der Waals surface area contributed by atoms with Gasteiger partial charge in [0.25, 0.3) is 0 Å². The predicted molar refractivity (Wildman–Crippen MR) is 110 cm³/mol. The lowest BCUT2D eigenvalue weighted by molar-refractivity contribution is 0.0507. The molecule has 0 radical (unpaired) electrons. The van der Waals surface area contributed by atoms with Crippen LogP contribution in [-0.4, -0.2) is 61.8 Å². The van der Waals surface area contributed by atoms with E-state index in [-0.39, 0.29) is 12.1 Å².